The predicted molar refractivity (Wildman–Crippen MR) is 130 cm³/mol. The molecule has 1 aromatic rings. The number of carbonyl (C=O) groups excluding carboxylic acids is 2. The normalized spacial score (nSPS) is 25.7. The second-order valence-corrected chi connectivity index (χ2v) is 11.4. The molecule has 2 amide bonds. The van der Waals surface area contributed by atoms with Crippen molar-refractivity contribution in [3.05, 3.63) is 29.8 Å². The molecule has 0 N–H and O–H groups in total. The van der Waals surface area contributed by atoms with Crippen LogP contribution >= 0.6 is 0 Å². The summed E-state index contributed by atoms with van der Waals surface area (Å²) in [5.41, 5.74) is 1.46. The highest BCUT2D eigenvalue weighted by Gasteiger charge is 2.50. The minimum Gasteiger partial charge on any atom is -0.444 e. The van der Waals surface area contributed by atoms with Gasteiger partial charge in [-0.3, -0.25) is 9.69 Å². The van der Waals surface area contributed by atoms with E-state index >= 15 is 0 Å². The molecule has 2 heterocycles. The van der Waals surface area contributed by atoms with E-state index in [0.29, 0.717) is 13.1 Å². The number of rotatable bonds is 3. The molecule has 1 aliphatic carbocycles. The van der Waals surface area contributed by atoms with Gasteiger partial charge in [-0.2, -0.15) is 0 Å². The van der Waals surface area contributed by atoms with Gasteiger partial charge in [0, 0.05) is 56.4 Å². The molecule has 33 heavy (non-hydrogen) atoms. The lowest BCUT2D eigenvalue weighted by molar-refractivity contribution is -0.142. The highest BCUT2D eigenvalue weighted by Crippen LogP contribution is 2.47. The van der Waals surface area contributed by atoms with E-state index in [1.165, 1.54) is 5.69 Å². The molecule has 0 unspecified atom stereocenters. The molecule has 2 aliphatic heterocycles. The molecule has 0 aromatic heterocycles. The van der Waals surface area contributed by atoms with Crippen molar-refractivity contribution in [1.82, 2.24) is 14.7 Å². The second-order valence-electron chi connectivity index (χ2n) is 11.4. The monoisotopic (exact) mass is 456 g/mol. The molecule has 4 rings (SSSR count). The fraction of sp³-hybridized carbons (Fsp3) is 0.692. The number of carbonyl (C=O) groups is 2. The third-order valence-electron chi connectivity index (χ3n) is 7.29. The first-order valence-electron chi connectivity index (χ1n) is 12.3. The molecule has 3 fully saturated rings. The Balaban J connectivity index is 1.57. The van der Waals surface area contributed by atoms with E-state index in [2.05, 4.69) is 48.0 Å². The molecule has 0 radical (unpaired) electrons. The molecule has 182 valence electrons. The van der Waals surface area contributed by atoms with Crippen molar-refractivity contribution < 1.29 is 14.3 Å². The summed E-state index contributed by atoms with van der Waals surface area (Å²) in [7, 11) is 2.16. The van der Waals surface area contributed by atoms with Crippen LogP contribution in [0.3, 0.4) is 0 Å². The van der Waals surface area contributed by atoms with Crippen LogP contribution in [0.2, 0.25) is 0 Å². The molecule has 0 bridgehead atoms. The molecule has 0 spiro atoms. The first kappa shape index (κ1) is 23.9. The maximum atomic E-state index is 13.2. The van der Waals surface area contributed by atoms with Gasteiger partial charge in [0.1, 0.15) is 5.60 Å². The average molecular weight is 457 g/mol. The van der Waals surface area contributed by atoms with Crippen LogP contribution in [-0.2, 0) is 9.53 Å². The Labute approximate surface area is 198 Å². The van der Waals surface area contributed by atoms with Gasteiger partial charge in [-0.15, -0.1) is 0 Å². The van der Waals surface area contributed by atoms with Crippen LogP contribution in [0.5, 0.6) is 0 Å². The van der Waals surface area contributed by atoms with Crippen LogP contribution in [0.15, 0.2) is 24.3 Å². The summed E-state index contributed by atoms with van der Waals surface area (Å²) >= 11 is 0. The van der Waals surface area contributed by atoms with Gasteiger partial charge < -0.3 is 19.4 Å². The summed E-state index contributed by atoms with van der Waals surface area (Å²) < 4.78 is 5.75. The number of piperazine rings is 2. The van der Waals surface area contributed by atoms with Crippen LogP contribution in [0.25, 0.3) is 0 Å². The molecule has 1 aromatic carbocycles. The number of hydrogen-bond donors (Lipinski definition) is 0. The molecule has 1 saturated carbocycles. The molecule has 2 saturated heterocycles. The lowest BCUT2D eigenvalue weighted by Gasteiger charge is -2.46. The Bertz CT molecular complexity index is 867. The van der Waals surface area contributed by atoms with Crippen molar-refractivity contribution in [1.29, 1.82) is 0 Å². The van der Waals surface area contributed by atoms with Gasteiger partial charge in [-0.05, 0) is 65.3 Å². The lowest BCUT2D eigenvalue weighted by atomic mass is 9.97. The van der Waals surface area contributed by atoms with Crippen molar-refractivity contribution in [3.8, 4) is 0 Å². The second kappa shape index (κ2) is 8.82. The van der Waals surface area contributed by atoms with E-state index in [1.807, 2.05) is 37.5 Å². The summed E-state index contributed by atoms with van der Waals surface area (Å²) in [4.78, 5) is 35.0. The number of nitrogens with zero attached hydrogens (tertiary/aromatic N) is 4. The Morgan fingerprint density at radius 3 is 2.12 bits per heavy atom. The van der Waals surface area contributed by atoms with Crippen molar-refractivity contribution in [2.75, 3.05) is 51.2 Å². The smallest absolute Gasteiger partial charge is 0.410 e. The minimum absolute atomic E-state index is 0.0386. The topological polar surface area (TPSA) is 56.3 Å². The third kappa shape index (κ3) is 5.29. The van der Waals surface area contributed by atoms with Gasteiger partial charge in [0.2, 0.25) is 5.91 Å². The van der Waals surface area contributed by atoms with Crippen molar-refractivity contribution in [2.24, 2.45) is 5.41 Å². The number of amides is 2. The highest BCUT2D eigenvalue weighted by atomic mass is 16.6. The van der Waals surface area contributed by atoms with E-state index in [4.69, 9.17) is 4.74 Å². The lowest BCUT2D eigenvalue weighted by Crippen LogP contribution is -2.58. The van der Waals surface area contributed by atoms with Crippen molar-refractivity contribution in [3.63, 3.8) is 0 Å². The Hall–Kier alpha value is -2.28. The van der Waals surface area contributed by atoms with Crippen molar-refractivity contribution in [2.45, 2.75) is 65.1 Å². The summed E-state index contributed by atoms with van der Waals surface area (Å²) in [6.45, 7) is 14.9. The molecule has 3 aliphatic rings. The molecular weight excluding hydrogens is 416 g/mol. The van der Waals surface area contributed by atoms with E-state index in [0.717, 1.165) is 44.6 Å². The van der Waals surface area contributed by atoms with Crippen molar-refractivity contribution >= 4 is 17.7 Å². The van der Waals surface area contributed by atoms with Crippen LogP contribution in [0, 0.1) is 5.41 Å². The van der Waals surface area contributed by atoms with Crippen LogP contribution in [0.4, 0.5) is 10.5 Å². The van der Waals surface area contributed by atoms with Gasteiger partial charge in [-0.25, -0.2) is 4.79 Å². The third-order valence-corrected chi connectivity index (χ3v) is 7.29. The Morgan fingerprint density at radius 1 is 0.970 bits per heavy atom. The highest BCUT2D eigenvalue weighted by molar-refractivity contribution is 5.85. The molecule has 7 nitrogen and oxygen atoms in total. The molecular formula is C26H40N4O3. The number of ether oxygens (including phenoxy) is 1. The first-order chi connectivity index (χ1) is 15.5. The number of likely N-dealkylation sites (N-methyl/N-ethyl adjacent to an activating group) is 1. The maximum Gasteiger partial charge on any atom is 0.410 e. The summed E-state index contributed by atoms with van der Waals surface area (Å²) in [6, 6.07) is 8.29. The van der Waals surface area contributed by atoms with Gasteiger partial charge in [0.25, 0.3) is 0 Å². The van der Waals surface area contributed by atoms with Crippen LogP contribution < -0.4 is 4.90 Å². The first-order valence-corrected chi connectivity index (χ1v) is 12.3. The fourth-order valence-electron chi connectivity index (χ4n) is 4.79. The molecule has 7 heteroatoms. The van der Waals surface area contributed by atoms with E-state index < -0.39 is 5.60 Å². The number of benzene rings is 1. The number of anilines is 1. The van der Waals surface area contributed by atoms with Gasteiger partial charge in [0.15, 0.2) is 0 Å². The maximum absolute atomic E-state index is 13.2. The minimum atomic E-state index is -0.565. The summed E-state index contributed by atoms with van der Waals surface area (Å²) in [5.74, 6) is 0.220. The average Bonchev–Trinajstić information content (AvgIpc) is 3.51. The standard InChI is InChI=1S/C26H40N4O3/c1-19-17-30(24(32)33-25(2,3)4)22(18-29(19)23(31)26(5)11-12-26)20-7-9-21(10-8-20)28-15-13-27(6)14-16-28/h7-10,19,22H,11-18H2,1-6H3/t19-,22-/m1/s1. The Morgan fingerprint density at radius 2 is 1.58 bits per heavy atom. The SMILES string of the molecule is C[C@@H]1CN(C(=O)OC(C)(C)C)[C@@H](c2ccc(N3CCN(C)CC3)cc2)CN1C(=O)C1(C)CC1. The summed E-state index contributed by atoms with van der Waals surface area (Å²) in [5, 5.41) is 0. The number of hydrogen-bond acceptors (Lipinski definition) is 5. The summed E-state index contributed by atoms with van der Waals surface area (Å²) in [6.07, 6.45) is 1.59. The fourth-order valence-corrected chi connectivity index (χ4v) is 4.79. The molecule has 2 atom stereocenters. The van der Waals surface area contributed by atoms with E-state index in [9.17, 15) is 9.59 Å². The zero-order chi connectivity index (χ0) is 24.0. The van der Waals surface area contributed by atoms with Crippen LogP contribution in [-0.4, -0.2) is 84.7 Å². The Kier molecular flexibility index (Phi) is 6.38. The van der Waals surface area contributed by atoms with E-state index in [-0.39, 0.29) is 29.5 Å². The predicted octanol–water partition coefficient (Wildman–Crippen LogP) is 3.75. The largest absolute Gasteiger partial charge is 0.444 e. The van der Waals surface area contributed by atoms with E-state index in [1.54, 1.807) is 0 Å². The van der Waals surface area contributed by atoms with Gasteiger partial charge in [0.05, 0.1) is 6.04 Å². The quantitative estimate of drug-likeness (QED) is 0.693. The van der Waals surface area contributed by atoms with Gasteiger partial charge >= 0.3 is 6.09 Å². The zero-order valence-electron chi connectivity index (χ0n) is 21.1. The van der Waals surface area contributed by atoms with Crippen LogP contribution in [0.1, 0.15) is 59.1 Å². The zero-order valence-corrected chi connectivity index (χ0v) is 21.1. The van der Waals surface area contributed by atoms with Gasteiger partial charge in [-0.1, -0.05) is 19.1 Å².